The lowest BCUT2D eigenvalue weighted by Crippen LogP contribution is -2.12. The van der Waals surface area contributed by atoms with Gasteiger partial charge in [0, 0.05) is 30.3 Å². The lowest BCUT2D eigenvalue weighted by Gasteiger charge is -2.11. The second-order valence-corrected chi connectivity index (χ2v) is 6.22. The summed E-state index contributed by atoms with van der Waals surface area (Å²) >= 11 is 0. The molecule has 0 heterocycles. The molecule has 0 radical (unpaired) electrons. The summed E-state index contributed by atoms with van der Waals surface area (Å²) in [6.45, 7) is 4.68. The molecule has 0 aromatic heterocycles. The van der Waals surface area contributed by atoms with E-state index in [2.05, 4.69) is 17.4 Å². The van der Waals surface area contributed by atoms with Crippen molar-refractivity contribution in [1.29, 1.82) is 0 Å². The van der Waals surface area contributed by atoms with Crippen molar-refractivity contribution in [3.8, 4) is 17.2 Å². The molecule has 0 atom stereocenters. The van der Waals surface area contributed by atoms with Crippen LogP contribution in [-0.2, 0) is 4.79 Å². The van der Waals surface area contributed by atoms with Crippen LogP contribution in [0.2, 0.25) is 0 Å². The molecular weight excluding hydrogens is 330 g/mol. The molecular formula is C21H27NO4. The molecule has 5 nitrogen and oxygen atoms in total. The van der Waals surface area contributed by atoms with Crippen molar-refractivity contribution >= 4 is 11.6 Å². The number of methoxy groups -OCH3 is 2. The molecule has 2 rings (SSSR count). The molecule has 0 aliphatic heterocycles. The van der Waals surface area contributed by atoms with Gasteiger partial charge in [-0.05, 0) is 43.9 Å². The summed E-state index contributed by atoms with van der Waals surface area (Å²) in [5, 5.41) is 2.88. The van der Waals surface area contributed by atoms with Gasteiger partial charge in [0.05, 0.1) is 20.8 Å². The van der Waals surface area contributed by atoms with E-state index >= 15 is 0 Å². The standard InChI is InChI=1S/C21H27NO4/c1-15-8-9-16(2)20(11-15)26-10-6-5-7-21(23)22-17-12-18(24-3)14-19(13-17)25-4/h8-9,11-14H,5-7,10H2,1-4H3,(H,22,23). The molecule has 1 N–H and O–H groups in total. The quantitative estimate of drug-likeness (QED) is 0.671. The Morgan fingerprint density at radius 1 is 0.962 bits per heavy atom. The number of ether oxygens (including phenoxy) is 3. The van der Waals surface area contributed by atoms with Crippen LogP contribution in [0.5, 0.6) is 17.2 Å². The van der Waals surface area contributed by atoms with E-state index in [0.29, 0.717) is 30.2 Å². The summed E-state index contributed by atoms with van der Waals surface area (Å²) in [6.07, 6.45) is 2.02. The van der Waals surface area contributed by atoms with Gasteiger partial charge in [-0.1, -0.05) is 12.1 Å². The average molecular weight is 357 g/mol. The topological polar surface area (TPSA) is 56.8 Å². The molecule has 1 amide bonds. The van der Waals surface area contributed by atoms with E-state index in [9.17, 15) is 4.79 Å². The van der Waals surface area contributed by atoms with Crippen LogP contribution < -0.4 is 19.5 Å². The van der Waals surface area contributed by atoms with Gasteiger partial charge in [0.25, 0.3) is 0 Å². The molecule has 2 aromatic rings. The smallest absolute Gasteiger partial charge is 0.224 e. The van der Waals surface area contributed by atoms with E-state index in [1.807, 2.05) is 19.9 Å². The van der Waals surface area contributed by atoms with Crippen LogP contribution in [0.4, 0.5) is 5.69 Å². The number of benzene rings is 2. The van der Waals surface area contributed by atoms with E-state index in [1.54, 1.807) is 32.4 Å². The lowest BCUT2D eigenvalue weighted by atomic mass is 10.1. The van der Waals surface area contributed by atoms with Crippen molar-refractivity contribution in [1.82, 2.24) is 0 Å². The minimum Gasteiger partial charge on any atom is -0.497 e. The Bertz CT molecular complexity index is 721. The lowest BCUT2D eigenvalue weighted by molar-refractivity contribution is -0.116. The normalized spacial score (nSPS) is 10.3. The summed E-state index contributed by atoms with van der Waals surface area (Å²) in [5.74, 6) is 2.16. The minimum absolute atomic E-state index is 0.0351. The fourth-order valence-corrected chi connectivity index (χ4v) is 2.54. The second-order valence-electron chi connectivity index (χ2n) is 6.22. The molecule has 0 aliphatic carbocycles. The number of hydrogen-bond donors (Lipinski definition) is 1. The maximum Gasteiger partial charge on any atom is 0.224 e. The Labute approximate surface area is 155 Å². The Kier molecular flexibility index (Phi) is 7.33. The number of hydrogen-bond acceptors (Lipinski definition) is 4. The van der Waals surface area contributed by atoms with E-state index in [-0.39, 0.29) is 5.91 Å². The first-order chi connectivity index (χ1) is 12.5. The van der Waals surface area contributed by atoms with Gasteiger partial charge in [-0.15, -0.1) is 0 Å². The van der Waals surface area contributed by atoms with Gasteiger partial charge in [-0.25, -0.2) is 0 Å². The van der Waals surface area contributed by atoms with Gasteiger partial charge in [0.2, 0.25) is 5.91 Å². The second kappa shape index (κ2) is 9.70. The van der Waals surface area contributed by atoms with Crippen LogP contribution in [0.15, 0.2) is 36.4 Å². The number of rotatable bonds is 9. The molecule has 26 heavy (non-hydrogen) atoms. The van der Waals surface area contributed by atoms with Crippen LogP contribution in [0.3, 0.4) is 0 Å². The fraction of sp³-hybridized carbons (Fsp3) is 0.381. The zero-order valence-electron chi connectivity index (χ0n) is 15.9. The fourth-order valence-electron chi connectivity index (χ4n) is 2.54. The van der Waals surface area contributed by atoms with E-state index in [1.165, 1.54) is 5.56 Å². The van der Waals surface area contributed by atoms with Gasteiger partial charge in [0.15, 0.2) is 0 Å². The average Bonchev–Trinajstić information content (AvgIpc) is 2.63. The number of aryl methyl sites for hydroxylation is 2. The van der Waals surface area contributed by atoms with E-state index in [0.717, 1.165) is 24.2 Å². The maximum atomic E-state index is 12.1. The Balaban J connectivity index is 1.74. The highest BCUT2D eigenvalue weighted by molar-refractivity contribution is 5.91. The zero-order chi connectivity index (χ0) is 18.9. The van der Waals surface area contributed by atoms with Crippen molar-refractivity contribution < 1.29 is 19.0 Å². The minimum atomic E-state index is -0.0351. The third-order valence-electron chi connectivity index (χ3n) is 4.03. The maximum absolute atomic E-state index is 12.1. The van der Waals surface area contributed by atoms with Crippen LogP contribution in [0.1, 0.15) is 30.4 Å². The molecule has 5 heteroatoms. The van der Waals surface area contributed by atoms with Gasteiger partial charge >= 0.3 is 0 Å². The third kappa shape index (κ3) is 5.99. The molecule has 0 aliphatic rings. The first-order valence-electron chi connectivity index (χ1n) is 8.75. The summed E-state index contributed by atoms with van der Waals surface area (Å²) in [7, 11) is 3.16. The van der Waals surface area contributed by atoms with Crippen molar-refractivity contribution in [2.24, 2.45) is 0 Å². The van der Waals surface area contributed by atoms with Gasteiger partial charge in [0.1, 0.15) is 17.2 Å². The number of anilines is 1. The van der Waals surface area contributed by atoms with Crippen LogP contribution in [0.25, 0.3) is 0 Å². The predicted octanol–water partition coefficient (Wildman–Crippen LogP) is 4.51. The van der Waals surface area contributed by atoms with Gasteiger partial charge < -0.3 is 19.5 Å². The van der Waals surface area contributed by atoms with E-state index < -0.39 is 0 Å². The number of carbonyl (C=O) groups is 1. The summed E-state index contributed by atoms with van der Waals surface area (Å²) in [4.78, 5) is 12.1. The van der Waals surface area contributed by atoms with Crippen LogP contribution >= 0.6 is 0 Å². The highest BCUT2D eigenvalue weighted by atomic mass is 16.5. The van der Waals surface area contributed by atoms with Crippen molar-refractivity contribution in [2.75, 3.05) is 26.1 Å². The molecule has 0 bridgehead atoms. The summed E-state index contributed by atoms with van der Waals surface area (Å²) in [5.41, 5.74) is 2.97. The number of carbonyl (C=O) groups excluding carboxylic acids is 1. The van der Waals surface area contributed by atoms with Gasteiger partial charge in [-0.2, -0.15) is 0 Å². The molecule has 140 valence electrons. The van der Waals surface area contributed by atoms with Crippen LogP contribution in [-0.4, -0.2) is 26.7 Å². The SMILES string of the molecule is COc1cc(NC(=O)CCCCOc2cc(C)ccc2C)cc(OC)c1. The highest BCUT2D eigenvalue weighted by Crippen LogP contribution is 2.26. The Morgan fingerprint density at radius 3 is 2.31 bits per heavy atom. The molecule has 0 saturated carbocycles. The largest absolute Gasteiger partial charge is 0.497 e. The monoisotopic (exact) mass is 357 g/mol. The van der Waals surface area contributed by atoms with Crippen LogP contribution in [0, 0.1) is 13.8 Å². The molecule has 2 aromatic carbocycles. The highest BCUT2D eigenvalue weighted by Gasteiger charge is 2.07. The molecule has 0 fully saturated rings. The number of nitrogens with one attached hydrogen (secondary N) is 1. The van der Waals surface area contributed by atoms with Gasteiger partial charge in [-0.3, -0.25) is 4.79 Å². The van der Waals surface area contributed by atoms with Crippen molar-refractivity contribution in [3.63, 3.8) is 0 Å². The summed E-state index contributed by atoms with van der Waals surface area (Å²) in [6, 6.07) is 11.5. The predicted molar refractivity (Wildman–Crippen MR) is 103 cm³/mol. The first kappa shape index (κ1) is 19.6. The van der Waals surface area contributed by atoms with Crippen molar-refractivity contribution in [2.45, 2.75) is 33.1 Å². The van der Waals surface area contributed by atoms with E-state index in [4.69, 9.17) is 14.2 Å². The third-order valence-corrected chi connectivity index (χ3v) is 4.03. The Hall–Kier alpha value is -2.69. The first-order valence-corrected chi connectivity index (χ1v) is 8.75. The summed E-state index contributed by atoms with van der Waals surface area (Å²) < 4.78 is 16.2. The molecule has 0 unspecified atom stereocenters. The Morgan fingerprint density at radius 2 is 1.65 bits per heavy atom. The zero-order valence-corrected chi connectivity index (χ0v) is 15.9. The number of unbranched alkanes of at least 4 members (excludes halogenated alkanes) is 1. The number of amides is 1. The molecule has 0 saturated heterocycles. The van der Waals surface area contributed by atoms with Crippen molar-refractivity contribution in [3.05, 3.63) is 47.5 Å². The molecule has 0 spiro atoms.